The summed E-state index contributed by atoms with van der Waals surface area (Å²) in [6.07, 6.45) is 4.69. The Labute approximate surface area is 148 Å². The molecule has 6 nitrogen and oxygen atoms in total. The predicted molar refractivity (Wildman–Crippen MR) is 95.2 cm³/mol. The number of likely N-dealkylation sites (tertiary alicyclic amines) is 2. The van der Waals surface area contributed by atoms with E-state index in [0.29, 0.717) is 24.2 Å². The van der Waals surface area contributed by atoms with Crippen LogP contribution in [0, 0.1) is 0 Å². The molecule has 2 aliphatic rings. The molecule has 2 aliphatic heterocycles. The standard InChI is InChI=1S/C19H25N3O3/c1-14(23)22-13-7-10-17(22)18(24)20-16-9-4-3-8-15(16)19(25)21-11-5-2-6-12-21/h3-4,8-9,17H,2,5-7,10-13H2,1H3,(H,20,24). The molecule has 2 saturated heterocycles. The highest BCUT2D eigenvalue weighted by Gasteiger charge is 2.33. The summed E-state index contributed by atoms with van der Waals surface area (Å²) >= 11 is 0. The maximum Gasteiger partial charge on any atom is 0.255 e. The van der Waals surface area contributed by atoms with E-state index in [1.165, 1.54) is 6.92 Å². The number of piperidine rings is 1. The Morgan fingerprint density at radius 1 is 1.00 bits per heavy atom. The average Bonchev–Trinajstić information content (AvgIpc) is 3.12. The topological polar surface area (TPSA) is 69.7 Å². The van der Waals surface area contributed by atoms with Crippen LogP contribution >= 0.6 is 0 Å². The molecule has 1 atom stereocenters. The van der Waals surface area contributed by atoms with E-state index in [0.717, 1.165) is 38.8 Å². The molecule has 1 N–H and O–H groups in total. The predicted octanol–water partition coefficient (Wildman–Crippen LogP) is 2.26. The normalized spacial score (nSPS) is 20.4. The summed E-state index contributed by atoms with van der Waals surface area (Å²) in [5.41, 5.74) is 1.04. The van der Waals surface area contributed by atoms with E-state index in [2.05, 4.69) is 5.32 Å². The van der Waals surface area contributed by atoms with Crippen molar-refractivity contribution in [3.05, 3.63) is 29.8 Å². The smallest absolute Gasteiger partial charge is 0.255 e. The fraction of sp³-hybridized carbons (Fsp3) is 0.526. The third-order valence-corrected chi connectivity index (χ3v) is 5.02. The van der Waals surface area contributed by atoms with Crippen molar-refractivity contribution in [3.63, 3.8) is 0 Å². The Bertz CT molecular complexity index is 668. The number of anilines is 1. The zero-order valence-electron chi connectivity index (χ0n) is 14.7. The van der Waals surface area contributed by atoms with Gasteiger partial charge in [-0.15, -0.1) is 0 Å². The fourth-order valence-electron chi connectivity index (χ4n) is 3.68. The lowest BCUT2D eigenvalue weighted by atomic mass is 10.1. The maximum atomic E-state index is 12.8. The van der Waals surface area contributed by atoms with E-state index < -0.39 is 6.04 Å². The summed E-state index contributed by atoms with van der Waals surface area (Å²) in [6, 6.07) is 6.67. The summed E-state index contributed by atoms with van der Waals surface area (Å²) in [7, 11) is 0. The Kier molecular flexibility index (Phi) is 5.36. The van der Waals surface area contributed by atoms with Gasteiger partial charge in [0.1, 0.15) is 6.04 Å². The average molecular weight is 343 g/mol. The van der Waals surface area contributed by atoms with Crippen LogP contribution in [0.4, 0.5) is 5.69 Å². The molecule has 1 unspecified atom stereocenters. The first-order valence-corrected chi connectivity index (χ1v) is 9.04. The van der Waals surface area contributed by atoms with Crippen LogP contribution in [0.1, 0.15) is 49.4 Å². The SMILES string of the molecule is CC(=O)N1CCCC1C(=O)Nc1ccccc1C(=O)N1CCCCC1. The quantitative estimate of drug-likeness (QED) is 0.915. The molecular formula is C19H25N3O3. The second-order valence-corrected chi connectivity index (χ2v) is 6.76. The summed E-state index contributed by atoms with van der Waals surface area (Å²) in [5.74, 6) is -0.340. The van der Waals surface area contributed by atoms with Crippen LogP contribution in [0.3, 0.4) is 0 Å². The molecule has 0 aliphatic carbocycles. The van der Waals surface area contributed by atoms with Gasteiger partial charge >= 0.3 is 0 Å². The molecule has 3 rings (SSSR count). The van der Waals surface area contributed by atoms with Crippen molar-refractivity contribution in [1.82, 2.24) is 9.80 Å². The molecule has 1 aromatic rings. The molecule has 0 radical (unpaired) electrons. The monoisotopic (exact) mass is 343 g/mol. The largest absolute Gasteiger partial charge is 0.339 e. The van der Waals surface area contributed by atoms with E-state index in [4.69, 9.17) is 0 Å². The molecule has 0 aromatic heterocycles. The lowest BCUT2D eigenvalue weighted by molar-refractivity contribution is -0.134. The zero-order chi connectivity index (χ0) is 17.8. The molecule has 0 spiro atoms. The number of nitrogens with zero attached hydrogens (tertiary/aromatic N) is 2. The molecule has 2 heterocycles. The summed E-state index contributed by atoms with van der Waals surface area (Å²) in [5, 5.41) is 2.88. The first-order chi connectivity index (χ1) is 12.1. The minimum Gasteiger partial charge on any atom is -0.339 e. The van der Waals surface area contributed by atoms with Crippen LogP contribution in [-0.4, -0.2) is 53.2 Å². The molecule has 134 valence electrons. The molecular weight excluding hydrogens is 318 g/mol. The summed E-state index contributed by atoms with van der Waals surface area (Å²) < 4.78 is 0. The number of hydrogen-bond donors (Lipinski definition) is 1. The summed E-state index contributed by atoms with van der Waals surface area (Å²) in [4.78, 5) is 40.6. The molecule has 25 heavy (non-hydrogen) atoms. The second-order valence-electron chi connectivity index (χ2n) is 6.76. The van der Waals surface area contributed by atoms with E-state index >= 15 is 0 Å². The number of nitrogens with one attached hydrogen (secondary N) is 1. The second kappa shape index (κ2) is 7.68. The van der Waals surface area contributed by atoms with Crippen molar-refractivity contribution in [3.8, 4) is 0 Å². The van der Waals surface area contributed by atoms with E-state index in [9.17, 15) is 14.4 Å². The van der Waals surface area contributed by atoms with Crippen molar-refractivity contribution >= 4 is 23.4 Å². The molecule has 3 amide bonds. The van der Waals surface area contributed by atoms with Crippen molar-refractivity contribution in [2.75, 3.05) is 25.0 Å². The third kappa shape index (κ3) is 3.83. The molecule has 1 aromatic carbocycles. The number of carbonyl (C=O) groups excluding carboxylic acids is 3. The van der Waals surface area contributed by atoms with Crippen molar-refractivity contribution in [2.45, 2.75) is 45.1 Å². The Morgan fingerprint density at radius 3 is 2.44 bits per heavy atom. The van der Waals surface area contributed by atoms with Crippen LogP contribution in [0.15, 0.2) is 24.3 Å². The van der Waals surface area contributed by atoms with E-state index in [1.54, 1.807) is 23.1 Å². The highest BCUT2D eigenvalue weighted by Crippen LogP contribution is 2.23. The Balaban J connectivity index is 1.75. The van der Waals surface area contributed by atoms with Crippen LogP contribution in [-0.2, 0) is 9.59 Å². The van der Waals surface area contributed by atoms with Gasteiger partial charge in [0.25, 0.3) is 5.91 Å². The molecule has 2 fully saturated rings. The minimum atomic E-state index is -0.448. The molecule has 0 saturated carbocycles. The number of benzene rings is 1. The van der Waals surface area contributed by atoms with E-state index in [1.807, 2.05) is 11.0 Å². The fourth-order valence-corrected chi connectivity index (χ4v) is 3.68. The minimum absolute atomic E-state index is 0.0366. The van der Waals surface area contributed by atoms with Crippen LogP contribution in [0.5, 0.6) is 0 Å². The maximum absolute atomic E-state index is 12.8. The zero-order valence-corrected chi connectivity index (χ0v) is 14.7. The highest BCUT2D eigenvalue weighted by molar-refractivity contribution is 6.05. The number of hydrogen-bond acceptors (Lipinski definition) is 3. The number of carbonyl (C=O) groups is 3. The molecule has 0 bridgehead atoms. The first kappa shape index (κ1) is 17.5. The van der Waals surface area contributed by atoms with Gasteiger partial charge in [-0.1, -0.05) is 12.1 Å². The first-order valence-electron chi connectivity index (χ1n) is 9.04. The van der Waals surface area contributed by atoms with E-state index in [-0.39, 0.29) is 17.7 Å². The van der Waals surface area contributed by atoms with Crippen LogP contribution in [0.2, 0.25) is 0 Å². The van der Waals surface area contributed by atoms with Gasteiger partial charge in [-0.05, 0) is 44.2 Å². The lowest BCUT2D eigenvalue weighted by Gasteiger charge is -2.28. The van der Waals surface area contributed by atoms with Gasteiger partial charge in [-0.25, -0.2) is 0 Å². The summed E-state index contributed by atoms with van der Waals surface area (Å²) in [6.45, 7) is 3.63. The van der Waals surface area contributed by atoms with Crippen molar-refractivity contribution < 1.29 is 14.4 Å². The Morgan fingerprint density at radius 2 is 1.72 bits per heavy atom. The van der Waals surface area contributed by atoms with Gasteiger partial charge in [0.2, 0.25) is 11.8 Å². The molecule has 6 heteroatoms. The number of amides is 3. The van der Waals surface area contributed by atoms with Gasteiger partial charge in [-0.2, -0.15) is 0 Å². The highest BCUT2D eigenvalue weighted by atomic mass is 16.2. The Hall–Kier alpha value is -2.37. The number of rotatable bonds is 3. The third-order valence-electron chi connectivity index (χ3n) is 5.02. The van der Waals surface area contributed by atoms with Crippen molar-refractivity contribution in [2.24, 2.45) is 0 Å². The van der Waals surface area contributed by atoms with Crippen LogP contribution in [0.25, 0.3) is 0 Å². The van der Waals surface area contributed by atoms with Gasteiger partial charge in [0.05, 0.1) is 11.3 Å². The van der Waals surface area contributed by atoms with Crippen molar-refractivity contribution in [1.29, 1.82) is 0 Å². The lowest BCUT2D eigenvalue weighted by Crippen LogP contribution is -2.42. The van der Waals surface area contributed by atoms with Gasteiger partial charge in [-0.3, -0.25) is 14.4 Å². The van der Waals surface area contributed by atoms with Gasteiger partial charge in [0, 0.05) is 26.6 Å². The van der Waals surface area contributed by atoms with Gasteiger partial charge < -0.3 is 15.1 Å². The van der Waals surface area contributed by atoms with Gasteiger partial charge in [0.15, 0.2) is 0 Å². The van der Waals surface area contributed by atoms with Crippen LogP contribution < -0.4 is 5.32 Å². The number of para-hydroxylation sites is 1.